The van der Waals surface area contributed by atoms with Gasteiger partial charge in [-0.05, 0) is 0 Å². The molecule has 0 aromatic rings. The summed E-state index contributed by atoms with van der Waals surface area (Å²) in [5.74, 6) is 0. The molecule has 0 heterocycles. The Kier molecular flexibility index (Phi) is 13200. The Hall–Kier alpha value is 1.46. The molecule has 0 saturated carbocycles. The van der Waals surface area contributed by atoms with Crippen LogP contribution in [0.3, 0.4) is 0 Å². The van der Waals surface area contributed by atoms with E-state index in [4.69, 9.17) is 71.0 Å². The third-order valence-electron chi connectivity index (χ3n) is 0. The second kappa shape index (κ2) is 2220. The summed E-state index contributed by atoms with van der Waals surface area (Å²) in [6, 6.07) is 0. The zero-order valence-electron chi connectivity index (χ0n) is 10.0. The van der Waals surface area contributed by atoms with Crippen molar-refractivity contribution in [2.24, 2.45) is 0 Å². The average molecular weight is 304 g/mol. The summed E-state index contributed by atoms with van der Waals surface area (Å²) in [6.07, 6.45) is 0. The summed E-state index contributed by atoms with van der Waals surface area (Å²) in [6.45, 7) is 28.5. The van der Waals surface area contributed by atoms with E-state index in [0.717, 1.165) is 0 Å². The Labute approximate surface area is 202 Å². The molecule has 0 rings (SSSR count). The maximum absolute atomic E-state index is 6.25. The molecule has 0 spiro atoms. The van der Waals surface area contributed by atoms with Gasteiger partial charge in [-0.2, -0.15) is 0 Å². The zero-order valence-corrected chi connectivity index (χ0v) is 19.1. The monoisotopic (exact) mass is 304 g/mol. The SMILES string of the molecule is [C-]#N.[C-]#N.[C-]#N.[C-]#N.[C-]#N.[C-]#N.[Fe+2].[Na+].[Na+].[Na+].[Na+]. The molecule has 0 radical (unpaired) electrons. The standard InChI is InChI=1S/6CN.Fe.4Na/c6*1-2;;;;;/q6*-1;+2;4*+1. The number of nitrogens with zero attached hydrogens (tertiary/aromatic N) is 6. The van der Waals surface area contributed by atoms with Crippen LogP contribution in [0.25, 0.3) is 0 Å². The molecular weight excluding hydrogens is 304 g/mol. The van der Waals surface area contributed by atoms with Crippen LogP contribution in [0.5, 0.6) is 0 Å². The predicted octanol–water partition coefficient (Wildman–Crippen LogP) is -11.4. The Morgan fingerprint density at radius 2 is 0.294 bits per heavy atom. The third-order valence-corrected chi connectivity index (χ3v) is 0. The Morgan fingerprint density at radius 1 is 0.294 bits per heavy atom. The van der Waals surface area contributed by atoms with Gasteiger partial charge in [-0.3, -0.25) is 0 Å². The van der Waals surface area contributed by atoms with Crippen LogP contribution in [0.1, 0.15) is 0 Å². The van der Waals surface area contributed by atoms with Gasteiger partial charge in [-0.25, -0.2) is 0 Å². The molecule has 0 unspecified atom stereocenters. The summed E-state index contributed by atoms with van der Waals surface area (Å²) in [5.41, 5.74) is 0. The van der Waals surface area contributed by atoms with Crippen molar-refractivity contribution in [2.75, 3.05) is 0 Å². The normalized spacial score (nSPS) is 0.706. The average Bonchev–Trinajstić information content (AvgIpc) is 2.33. The Morgan fingerprint density at radius 3 is 0.294 bits per heavy atom. The van der Waals surface area contributed by atoms with Crippen molar-refractivity contribution in [1.82, 2.24) is 0 Å². The van der Waals surface area contributed by atoms with Gasteiger partial charge in [0.1, 0.15) is 0 Å². The van der Waals surface area contributed by atoms with Gasteiger partial charge in [0.05, 0.1) is 0 Å². The van der Waals surface area contributed by atoms with Crippen molar-refractivity contribution < 1.29 is 135 Å². The van der Waals surface area contributed by atoms with Gasteiger partial charge in [-0.1, -0.05) is 0 Å². The van der Waals surface area contributed by atoms with E-state index in [9.17, 15) is 0 Å². The van der Waals surface area contributed by atoms with E-state index in [0.29, 0.717) is 0 Å². The quantitative estimate of drug-likeness (QED) is 0.321. The molecule has 0 fully saturated rings. The topological polar surface area (TPSA) is 143 Å². The zero-order chi connectivity index (χ0) is 12.0. The number of hydrogen-bond donors (Lipinski definition) is 0. The third kappa shape index (κ3) is 1960. The molecule has 0 N–H and O–H groups in total. The minimum absolute atomic E-state index is 0. The first kappa shape index (κ1) is 101. The molecule has 0 saturated heterocycles. The molecule has 0 aromatic heterocycles. The van der Waals surface area contributed by atoms with Crippen LogP contribution >= 0.6 is 0 Å². The molecule has 11 heteroatoms. The molecule has 0 atom stereocenters. The van der Waals surface area contributed by atoms with E-state index in [1.54, 1.807) is 0 Å². The van der Waals surface area contributed by atoms with Gasteiger partial charge >= 0.3 is 135 Å². The Bertz CT molecular complexity index is 106. The van der Waals surface area contributed by atoms with Crippen molar-refractivity contribution in [3.8, 4) is 0 Å². The van der Waals surface area contributed by atoms with Crippen molar-refractivity contribution >= 4 is 0 Å². The van der Waals surface area contributed by atoms with Crippen LogP contribution in [-0.2, 0) is 17.1 Å². The van der Waals surface area contributed by atoms with E-state index in [-0.39, 0.29) is 135 Å². The van der Waals surface area contributed by atoms with Crippen LogP contribution in [0.2, 0.25) is 0 Å². The van der Waals surface area contributed by atoms with Crippen LogP contribution < -0.4 is 118 Å². The van der Waals surface area contributed by atoms with Crippen LogP contribution in [0, 0.1) is 71.0 Å². The number of hydrogen-bond acceptors (Lipinski definition) is 6. The van der Waals surface area contributed by atoms with Gasteiger partial charge in [0.15, 0.2) is 0 Å². The maximum Gasteiger partial charge on any atom is 2.00 e. The summed E-state index contributed by atoms with van der Waals surface area (Å²) < 4.78 is 0. The first-order chi connectivity index (χ1) is 6.00. The van der Waals surface area contributed by atoms with Crippen molar-refractivity contribution in [2.45, 2.75) is 0 Å². The molecule has 0 bridgehead atoms. The fourth-order valence-corrected chi connectivity index (χ4v) is 0. The van der Waals surface area contributed by atoms with Crippen LogP contribution in [-0.4, -0.2) is 0 Å². The van der Waals surface area contributed by atoms with Crippen LogP contribution in [0.15, 0.2) is 0 Å². The molecule has 0 aliphatic carbocycles. The van der Waals surface area contributed by atoms with Gasteiger partial charge < -0.3 is 71.0 Å². The van der Waals surface area contributed by atoms with E-state index in [1.807, 2.05) is 0 Å². The second-order valence-corrected chi connectivity index (χ2v) is 0. The van der Waals surface area contributed by atoms with E-state index in [1.165, 1.54) is 0 Å². The fourth-order valence-electron chi connectivity index (χ4n) is 0. The minimum Gasteiger partial charge on any atom is -0.512 e. The predicted molar refractivity (Wildman–Crippen MR) is 29.8 cm³/mol. The van der Waals surface area contributed by atoms with Gasteiger partial charge in [0.2, 0.25) is 0 Å². The first-order valence-corrected chi connectivity index (χ1v) is 1.34. The summed E-state index contributed by atoms with van der Waals surface area (Å²) in [5, 5.41) is 37.5. The maximum atomic E-state index is 6.25. The largest absolute Gasteiger partial charge is 2.00 e. The molecule has 0 aliphatic heterocycles. The second-order valence-electron chi connectivity index (χ2n) is 0. The van der Waals surface area contributed by atoms with Crippen LogP contribution in [0.4, 0.5) is 0 Å². The van der Waals surface area contributed by atoms with Gasteiger partial charge in [0, 0.05) is 0 Å². The van der Waals surface area contributed by atoms with Crippen molar-refractivity contribution in [3.63, 3.8) is 0 Å². The number of rotatable bonds is 0. The van der Waals surface area contributed by atoms with Gasteiger partial charge in [-0.15, -0.1) is 0 Å². The van der Waals surface area contributed by atoms with E-state index in [2.05, 4.69) is 0 Å². The first-order valence-electron chi connectivity index (χ1n) is 1.34. The summed E-state index contributed by atoms with van der Waals surface area (Å²) >= 11 is 0. The molecule has 17 heavy (non-hydrogen) atoms. The van der Waals surface area contributed by atoms with E-state index >= 15 is 0 Å². The molecule has 66 valence electrons. The van der Waals surface area contributed by atoms with Gasteiger partial charge in [0.25, 0.3) is 0 Å². The molecule has 0 amide bonds. The summed E-state index contributed by atoms with van der Waals surface area (Å²) in [7, 11) is 0. The molecule has 6 nitrogen and oxygen atoms in total. The molecule has 0 aliphatic rings. The smallest absolute Gasteiger partial charge is 0.512 e. The fraction of sp³-hybridized carbons (Fsp3) is 0. The molecule has 0 aromatic carbocycles. The Balaban J connectivity index is -0.00000000267. The minimum atomic E-state index is 0. The molecular formula is C6FeN6Na4. The summed E-state index contributed by atoms with van der Waals surface area (Å²) in [4.78, 5) is 0. The van der Waals surface area contributed by atoms with Crippen molar-refractivity contribution in [3.05, 3.63) is 39.4 Å². The van der Waals surface area contributed by atoms with Crippen molar-refractivity contribution in [1.29, 1.82) is 31.6 Å². The van der Waals surface area contributed by atoms with E-state index < -0.39 is 0 Å².